The van der Waals surface area contributed by atoms with Crippen LogP contribution in [-0.4, -0.2) is 30.1 Å². The zero-order valence-electron chi connectivity index (χ0n) is 7.50. The monoisotopic (exact) mass is 188 g/mol. The first-order valence-corrected chi connectivity index (χ1v) is 5.14. The molecule has 4 nitrogen and oxygen atoms in total. The van der Waals surface area contributed by atoms with Gasteiger partial charge in [0.15, 0.2) is 0 Å². The van der Waals surface area contributed by atoms with Crippen molar-refractivity contribution < 1.29 is 0 Å². The molecular formula is C7H16N4S. The predicted molar refractivity (Wildman–Crippen MR) is 54.1 cm³/mol. The van der Waals surface area contributed by atoms with Crippen LogP contribution < -0.4 is 16.6 Å². The standard InChI is InChI=1S/C7H16N4S/c1-5-6(3-4-12-5)10-7(9-2)11-8/h5-6H,3-4,8H2,1-2H3,(H2,9,10,11). The van der Waals surface area contributed by atoms with Crippen molar-refractivity contribution in [2.75, 3.05) is 12.8 Å². The Balaban J connectivity index is 2.39. The Morgan fingerprint density at radius 2 is 2.42 bits per heavy atom. The molecule has 0 radical (unpaired) electrons. The van der Waals surface area contributed by atoms with Crippen molar-refractivity contribution in [3.05, 3.63) is 0 Å². The van der Waals surface area contributed by atoms with Gasteiger partial charge in [0.25, 0.3) is 0 Å². The Kier molecular flexibility index (Phi) is 3.68. The molecule has 1 fully saturated rings. The number of thioether (sulfide) groups is 1. The molecule has 0 aromatic rings. The molecule has 1 heterocycles. The molecule has 0 bridgehead atoms. The second-order valence-electron chi connectivity index (χ2n) is 2.83. The minimum atomic E-state index is 0.504. The number of aliphatic imine (C=N–C) groups is 1. The smallest absolute Gasteiger partial charge is 0.205 e. The van der Waals surface area contributed by atoms with Crippen LogP contribution in [0.5, 0.6) is 0 Å². The molecule has 4 N–H and O–H groups in total. The summed E-state index contributed by atoms with van der Waals surface area (Å²) in [6.45, 7) is 2.22. The summed E-state index contributed by atoms with van der Waals surface area (Å²) >= 11 is 1.98. The van der Waals surface area contributed by atoms with Gasteiger partial charge in [0.2, 0.25) is 5.96 Å². The van der Waals surface area contributed by atoms with E-state index in [0.29, 0.717) is 17.3 Å². The number of guanidine groups is 1. The molecule has 1 saturated heterocycles. The second-order valence-corrected chi connectivity index (χ2v) is 4.32. The van der Waals surface area contributed by atoms with E-state index in [1.165, 1.54) is 12.2 Å². The molecule has 1 aliphatic heterocycles. The van der Waals surface area contributed by atoms with Gasteiger partial charge in [-0.15, -0.1) is 0 Å². The van der Waals surface area contributed by atoms with Crippen LogP contribution in [0.2, 0.25) is 0 Å². The Morgan fingerprint density at radius 3 is 2.83 bits per heavy atom. The van der Waals surface area contributed by atoms with Crippen molar-refractivity contribution in [3.8, 4) is 0 Å². The molecule has 1 aliphatic rings. The Morgan fingerprint density at radius 1 is 1.67 bits per heavy atom. The van der Waals surface area contributed by atoms with Crippen molar-refractivity contribution in [2.24, 2.45) is 10.8 Å². The lowest BCUT2D eigenvalue weighted by Gasteiger charge is -2.18. The maximum atomic E-state index is 5.26. The molecule has 0 aromatic carbocycles. The maximum Gasteiger partial charge on any atom is 0.205 e. The highest BCUT2D eigenvalue weighted by molar-refractivity contribution is 8.00. The average Bonchev–Trinajstić information content (AvgIpc) is 2.47. The van der Waals surface area contributed by atoms with Crippen LogP contribution in [0.3, 0.4) is 0 Å². The highest BCUT2D eigenvalue weighted by atomic mass is 32.2. The zero-order valence-corrected chi connectivity index (χ0v) is 8.32. The maximum absolute atomic E-state index is 5.26. The number of hydrogen-bond donors (Lipinski definition) is 3. The molecule has 2 atom stereocenters. The third-order valence-corrected chi connectivity index (χ3v) is 3.38. The van der Waals surface area contributed by atoms with E-state index in [1.54, 1.807) is 7.05 Å². The molecule has 5 heteroatoms. The fourth-order valence-corrected chi connectivity index (χ4v) is 2.47. The van der Waals surface area contributed by atoms with Gasteiger partial charge in [-0.2, -0.15) is 11.8 Å². The first-order valence-electron chi connectivity index (χ1n) is 4.09. The highest BCUT2D eigenvalue weighted by Crippen LogP contribution is 2.25. The Hall–Kier alpha value is -0.420. The van der Waals surface area contributed by atoms with Gasteiger partial charge >= 0.3 is 0 Å². The van der Waals surface area contributed by atoms with E-state index in [-0.39, 0.29) is 0 Å². The minimum absolute atomic E-state index is 0.504. The van der Waals surface area contributed by atoms with Crippen molar-refractivity contribution in [1.82, 2.24) is 10.7 Å². The van der Waals surface area contributed by atoms with E-state index < -0.39 is 0 Å². The van der Waals surface area contributed by atoms with Gasteiger partial charge in [0, 0.05) is 18.3 Å². The van der Waals surface area contributed by atoms with Gasteiger partial charge in [-0.3, -0.25) is 10.4 Å². The SMILES string of the molecule is CN=C(NN)NC1CCSC1C. The quantitative estimate of drug-likeness (QED) is 0.233. The zero-order chi connectivity index (χ0) is 8.97. The van der Waals surface area contributed by atoms with E-state index >= 15 is 0 Å². The Bertz CT molecular complexity index is 171. The molecule has 0 spiro atoms. The highest BCUT2D eigenvalue weighted by Gasteiger charge is 2.24. The predicted octanol–water partition coefficient (Wildman–Crippen LogP) is -0.0809. The summed E-state index contributed by atoms with van der Waals surface area (Å²) in [7, 11) is 1.72. The van der Waals surface area contributed by atoms with E-state index in [2.05, 4.69) is 22.7 Å². The summed E-state index contributed by atoms with van der Waals surface area (Å²) in [4.78, 5) is 3.96. The number of nitrogens with one attached hydrogen (secondary N) is 2. The van der Waals surface area contributed by atoms with Crippen LogP contribution in [0, 0.1) is 0 Å². The number of nitrogens with zero attached hydrogens (tertiary/aromatic N) is 1. The van der Waals surface area contributed by atoms with Gasteiger partial charge in [0.05, 0.1) is 0 Å². The van der Waals surface area contributed by atoms with Crippen LogP contribution in [0.4, 0.5) is 0 Å². The van der Waals surface area contributed by atoms with Crippen molar-refractivity contribution in [1.29, 1.82) is 0 Å². The lowest BCUT2D eigenvalue weighted by atomic mass is 10.2. The largest absolute Gasteiger partial charge is 0.351 e. The normalized spacial score (nSPS) is 30.4. The lowest BCUT2D eigenvalue weighted by molar-refractivity contribution is 0.598. The molecule has 0 aliphatic carbocycles. The first kappa shape index (κ1) is 9.67. The summed E-state index contributed by atoms with van der Waals surface area (Å²) < 4.78 is 0. The Labute approximate surface area is 77.4 Å². The van der Waals surface area contributed by atoms with Crippen molar-refractivity contribution >= 4 is 17.7 Å². The summed E-state index contributed by atoms with van der Waals surface area (Å²) in [5, 5.41) is 3.91. The van der Waals surface area contributed by atoms with Gasteiger partial charge in [0.1, 0.15) is 0 Å². The third-order valence-electron chi connectivity index (χ3n) is 2.06. The summed E-state index contributed by atoms with van der Waals surface area (Å²) in [5.74, 6) is 7.15. The van der Waals surface area contributed by atoms with Crippen molar-refractivity contribution in [3.63, 3.8) is 0 Å². The molecule has 70 valence electrons. The molecule has 0 amide bonds. The van der Waals surface area contributed by atoms with E-state index in [0.717, 1.165) is 0 Å². The topological polar surface area (TPSA) is 62.4 Å². The van der Waals surface area contributed by atoms with Crippen molar-refractivity contribution in [2.45, 2.75) is 24.6 Å². The van der Waals surface area contributed by atoms with Crippen LogP contribution in [0.25, 0.3) is 0 Å². The number of hydrazine groups is 1. The molecule has 1 rings (SSSR count). The molecule has 12 heavy (non-hydrogen) atoms. The fraction of sp³-hybridized carbons (Fsp3) is 0.857. The van der Waals surface area contributed by atoms with Crippen LogP contribution >= 0.6 is 11.8 Å². The van der Waals surface area contributed by atoms with E-state index in [9.17, 15) is 0 Å². The summed E-state index contributed by atoms with van der Waals surface area (Å²) in [5.41, 5.74) is 2.53. The number of rotatable bonds is 1. The van der Waals surface area contributed by atoms with Crippen LogP contribution in [0.15, 0.2) is 4.99 Å². The first-order chi connectivity index (χ1) is 5.77. The molecule has 0 saturated carbocycles. The minimum Gasteiger partial charge on any atom is -0.351 e. The summed E-state index contributed by atoms with van der Waals surface area (Å²) in [6.07, 6.45) is 1.19. The van der Waals surface area contributed by atoms with Gasteiger partial charge in [-0.05, 0) is 12.2 Å². The third kappa shape index (κ3) is 2.28. The lowest BCUT2D eigenvalue weighted by Crippen LogP contribution is -2.48. The van der Waals surface area contributed by atoms with E-state index in [1.807, 2.05) is 11.8 Å². The van der Waals surface area contributed by atoms with Gasteiger partial charge < -0.3 is 5.32 Å². The van der Waals surface area contributed by atoms with Crippen LogP contribution in [0.1, 0.15) is 13.3 Å². The van der Waals surface area contributed by atoms with Gasteiger partial charge in [-0.25, -0.2) is 5.84 Å². The van der Waals surface area contributed by atoms with E-state index in [4.69, 9.17) is 5.84 Å². The van der Waals surface area contributed by atoms with Gasteiger partial charge in [-0.1, -0.05) is 6.92 Å². The number of nitrogens with two attached hydrogens (primary N) is 1. The molecule has 0 aromatic heterocycles. The molecular weight excluding hydrogens is 172 g/mol. The fourth-order valence-electron chi connectivity index (χ4n) is 1.27. The average molecular weight is 188 g/mol. The second kappa shape index (κ2) is 4.57. The molecule has 2 unspecified atom stereocenters. The summed E-state index contributed by atoms with van der Waals surface area (Å²) in [6, 6.07) is 0.504. The number of hydrogen-bond acceptors (Lipinski definition) is 3. The van der Waals surface area contributed by atoms with Crippen LogP contribution in [-0.2, 0) is 0 Å².